The number of ether oxygens (including phenoxy) is 2. The zero-order chi connectivity index (χ0) is 29.6. The van der Waals surface area contributed by atoms with Gasteiger partial charge in [0.15, 0.2) is 0 Å². The SMILES string of the molecule is CCCCCCCCCCCCCCCCNC(=O)OCC1(COC(=O)N(Cc2ccccn2)C(C)=O)CCCC1. The van der Waals surface area contributed by atoms with E-state index in [9.17, 15) is 14.4 Å². The number of nitrogens with zero attached hydrogens (tertiary/aromatic N) is 2. The van der Waals surface area contributed by atoms with Crippen LogP contribution in [-0.4, -0.2) is 47.7 Å². The first-order valence-corrected chi connectivity index (χ1v) is 16.2. The van der Waals surface area contributed by atoms with Gasteiger partial charge in [-0.15, -0.1) is 0 Å². The minimum Gasteiger partial charge on any atom is -0.449 e. The molecule has 232 valence electrons. The Bertz CT molecular complexity index is 858. The van der Waals surface area contributed by atoms with Crippen molar-refractivity contribution in [2.45, 2.75) is 136 Å². The number of imide groups is 1. The van der Waals surface area contributed by atoms with Crippen molar-refractivity contribution in [1.82, 2.24) is 15.2 Å². The van der Waals surface area contributed by atoms with Gasteiger partial charge in [-0.2, -0.15) is 0 Å². The number of alkyl carbamates (subject to hydrolysis) is 1. The van der Waals surface area contributed by atoms with Crippen LogP contribution in [-0.2, 0) is 20.8 Å². The number of unbranched alkanes of at least 4 members (excludes halogenated alkanes) is 13. The predicted octanol–water partition coefficient (Wildman–Crippen LogP) is 8.33. The van der Waals surface area contributed by atoms with Crippen LogP contribution in [0.4, 0.5) is 9.59 Å². The third-order valence-corrected chi connectivity index (χ3v) is 8.12. The van der Waals surface area contributed by atoms with Crippen molar-refractivity contribution in [2.75, 3.05) is 19.8 Å². The van der Waals surface area contributed by atoms with Crippen LogP contribution in [0, 0.1) is 5.41 Å². The molecule has 2 rings (SSSR count). The molecule has 8 heteroatoms. The Kier molecular flexibility index (Phi) is 17.8. The van der Waals surface area contributed by atoms with Crippen molar-refractivity contribution < 1.29 is 23.9 Å². The quantitative estimate of drug-likeness (QED) is 0.148. The van der Waals surface area contributed by atoms with E-state index < -0.39 is 23.5 Å². The molecule has 3 amide bonds. The standard InChI is InChI=1S/C33H55N3O5/c1-3-4-5-6-7-8-9-10-11-12-13-14-15-19-25-35-31(38)40-27-33(22-17-18-23-33)28-41-32(39)36(29(2)37)26-30-21-16-20-24-34-30/h16,20-21,24H,3-15,17-19,22-23,25-28H2,1-2H3,(H,35,38). The fourth-order valence-corrected chi connectivity index (χ4v) is 5.49. The van der Waals surface area contributed by atoms with Gasteiger partial charge >= 0.3 is 12.2 Å². The van der Waals surface area contributed by atoms with Crippen LogP contribution in [0.1, 0.15) is 135 Å². The number of hydrogen-bond acceptors (Lipinski definition) is 6. The second-order valence-corrected chi connectivity index (χ2v) is 11.8. The Morgan fingerprint density at radius 1 is 0.829 bits per heavy atom. The van der Waals surface area contributed by atoms with E-state index in [1.54, 1.807) is 24.4 Å². The van der Waals surface area contributed by atoms with Gasteiger partial charge in [0, 0.05) is 25.1 Å². The number of amides is 3. The maximum atomic E-state index is 12.7. The average Bonchev–Trinajstić information content (AvgIpc) is 3.45. The molecule has 1 aliphatic carbocycles. The number of aromatic nitrogens is 1. The van der Waals surface area contributed by atoms with Gasteiger partial charge < -0.3 is 14.8 Å². The van der Waals surface area contributed by atoms with Gasteiger partial charge in [-0.1, -0.05) is 109 Å². The highest BCUT2D eigenvalue weighted by Crippen LogP contribution is 2.39. The first-order valence-electron chi connectivity index (χ1n) is 16.2. The largest absolute Gasteiger partial charge is 0.449 e. The highest BCUT2D eigenvalue weighted by atomic mass is 16.6. The lowest BCUT2D eigenvalue weighted by atomic mass is 9.88. The maximum absolute atomic E-state index is 12.7. The van der Waals surface area contributed by atoms with Gasteiger partial charge in [0.1, 0.15) is 13.2 Å². The summed E-state index contributed by atoms with van der Waals surface area (Å²) < 4.78 is 11.1. The van der Waals surface area contributed by atoms with Gasteiger partial charge in [-0.05, 0) is 31.4 Å². The average molecular weight is 574 g/mol. The van der Waals surface area contributed by atoms with E-state index in [1.165, 1.54) is 84.0 Å². The van der Waals surface area contributed by atoms with E-state index in [1.807, 2.05) is 0 Å². The van der Waals surface area contributed by atoms with E-state index in [0.717, 1.165) is 43.4 Å². The van der Waals surface area contributed by atoms with Gasteiger partial charge in [0.2, 0.25) is 5.91 Å². The molecule has 1 saturated carbocycles. The molecule has 1 aromatic rings. The van der Waals surface area contributed by atoms with Crippen LogP contribution in [0.25, 0.3) is 0 Å². The molecule has 1 aliphatic rings. The number of carbonyl (C=O) groups is 3. The number of carbonyl (C=O) groups excluding carboxylic acids is 3. The number of rotatable bonds is 21. The lowest BCUT2D eigenvalue weighted by molar-refractivity contribution is -0.128. The van der Waals surface area contributed by atoms with Crippen LogP contribution < -0.4 is 5.32 Å². The summed E-state index contributed by atoms with van der Waals surface area (Å²) >= 11 is 0. The Morgan fingerprint density at radius 2 is 1.39 bits per heavy atom. The molecule has 41 heavy (non-hydrogen) atoms. The van der Waals surface area contributed by atoms with E-state index in [-0.39, 0.29) is 19.8 Å². The maximum Gasteiger partial charge on any atom is 0.416 e. The lowest BCUT2D eigenvalue weighted by Gasteiger charge is -2.29. The molecule has 0 radical (unpaired) electrons. The summed E-state index contributed by atoms with van der Waals surface area (Å²) in [5.74, 6) is -0.403. The summed E-state index contributed by atoms with van der Waals surface area (Å²) in [7, 11) is 0. The summed E-state index contributed by atoms with van der Waals surface area (Å²) in [6.45, 7) is 4.58. The van der Waals surface area contributed by atoms with Gasteiger partial charge in [-0.3, -0.25) is 9.78 Å². The van der Waals surface area contributed by atoms with Gasteiger partial charge in [0.25, 0.3) is 0 Å². The molecule has 1 N–H and O–H groups in total. The lowest BCUT2D eigenvalue weighted by Crippen LogP contribution is -2.39. The molecular weight excluding hydrogens is 518 g/mol. The normalized spacial score (nSPS) is 14.0. The Labute approximate surface area is 248 Å². The summed E-state index contributed by atoms with van der Waals surface area (Å²) in [4.78, 5) is 42.4. The summed E-state index contributed by atoms with van der Waals surface area (Å²) in [6, 6.07) is 5.34. The smallest absolute Gasteiger partial charge is 0.416 e. The van der Waals surface area contributed by atoms with Crippen molar-refractivity contribution in [1.29, 1.82) is 0 Å². The molecule has 0 spiro atoms. The molecule has 0 bridgehead atoms. The minimum absolute atomic E-state index is 0.0557. The topological polar surface area (TPSA) is 97.8 Å². The molecule has 0 saturated heterocycles. The molecular formula is C33H55N3O5. The fourth-order valence-electron chi connectivity index (χ4n) is 5.49. The summed E-state index contributed by atoms with van der Waals surface area (Å²) in [5, 5.41) is 2.86. The van der Waals surface area contributed by atoms with Gasteiger partial charge in [0.05, 0.1) is 12.2 Å². The monoisotopic (exact) mass is 573 g/mol. The zero-order valence-electron chi connectivity index (χ0n) is 25.8. The predicted molar refractivity (Wildman–Crippen MR) is 162 cm³/mol. The van der Waals surface area contributed by atoms with Crippen LogP contribution >= 0.6 is 0 Å². The Hall–Kier alpha value is -2.64. The van der Waals surface area contributed by atoms with E-state index in [4.69, 9.17) is 9.47 Å². The van der Waals surface area contributed by atoms with Crippen LogP contribution in [0.5, 0.6) is 0 Å². The first kappa shape index (κ1) is 34.6. The highest BCUT2D eigenvalue weighted by Gasteiger charge is 2.37. The van der Waals surface area contributed by atoms with Crippen LogP contribution in [0.2, 0.25) is 0 Å². The fraction of sp³-hybridized carbons (Fsp3) is 0.758. The highest BCUT2D eigenvalue weighted by molar-refractivity contribution is 5.90. The van der Waals surface area contributed by atoms with Gasteiger partial charge in [-0.25, -0.2) is 14.5 Å². The van der Waals surface area contributed by atoms with Crippen molar-refractivity contribution >= 4 is 18.1 Å². The van der Waals surface area contributed by atoms with Crippen molar-refractivity contribution in [3.63, 3.8) is 0 Å². The van der Waals surface area contributed by atoms with Crippen molar-refractivity contribution in [2.24, 2.45) is 5.41 Å². The van der Waals surface area contributed by atoms with E-state index in [0.29, 0.717) is 12.2 Å². The summed E-state index contributed by atoms with van der Waals surface area (Å²) in [5.41, 5.74) is 0.198. The number of pyridine rings is 1. The molecule has 1 heterocycles. The van der Waals surface area contributed by atoms with Crippen LogP contribution in [0.3, 0.4) is 0 Å². The second-order valence-electron chi connectivity index (χ2n) is 11.8. The number of nitrogens with one attached hydrogen (secondary N) is 1. The van der Waals surface area contributed by atoms with Crippen LogP contribution in [0.15, 0.2) is 24.4 Å². The van der Waals surface area contributed by atoms with Crippen molar-refractivity contribution in [3.05, 3.63) is 30.1 Å². The molecule has 8 nitrogen and oxygen atoms in total. The molecule has 0 aliphatic heterocycles. The third kappa shape index (κ3) is 15.2. The van der Waals surface area contributed by atoms with E-state index in [2.05, 4.69) is 17.2 Å². The molecule has 0 unspecified atom stereocenters. The summed E-state index contributed by atoms with van der Waals surface area (Å²) in [6.07, 6.45) is 22.3. The van der Waals surface area contributed by atoms with Crippen molar-refractivity contribution in [3.8, 4) is 0 Å². The Morgan fingerprint density at radius 3 is 1.93 bits per heavy atom. The Balaban J connectivity index is 1.55. The molecule has 1 aromatic heterocycles. The van der Waals surface area contributed by atoms with E-state index >= 15 is 0 Å². The third-order valence-electron chi connectivity index (χ3n) is 8.12. The molecule has 1 fully saturated rings. The minimum atomic E-state index is -0.698. The number of hydrogen-bond donors (Lipinski definition) is 1. The molecule has 0 atom stereocenters. The second kappa shape index (κ2) is 21.1. The zero-order valence-corrected chi connectivity index (χ0v) is 25.8. The molecule has 0 aromatic carbocycles. The first-order chi connectivity index (χ1) is 20.0.